The number of fused-ring (bicyclic) bond motifs is 1. The lowest BCUT2D eigenvalue weighted by molar-refractivity contribution is -0.122. The highest BCUT2D eigenvalue weighted by Gasteiger charge is 2.47. The standard InChI is InChI=1S/C14H19ClN2O/c1-3-17-12(14(15)8(2)16-17)7-13(18)11-5-9-4-10(9)6-11/h9-11H,3-7H2,1-2H3. The second kappa shape index (κ2) is 4.37. The van der Waals surface area contributed by atoms with Gasteiger partial charge in [0.1, 0.15) is 5.78 Å². The van der Waals surface area contributed by atoms with Crippen molar-refractivity contribution in [3.05, 3.63) is 16.4 Å². The molecule has 98 valence electrons. The topological polar surface area (TPSA) is 34.9 Å². The summed E-state index contributed by atoms with van der Waals surface area (Å²) in [6, 6.07) is 0. The Labute approximate surface area is 113 Å². The molecule has 2 unspecified atom stereocenters. The number of halogens is 1. The molecule has 2 aliphatic carbocycles. The summed E-state index contributed by atoms with van der Waals surface area (Å²) in [5.74, 6) is 2.35. The second-order valence-electron chi connectivity index (χ2n) is 5.73. The van der Waals surface area contributed by atoms with Gasteiger partial charge in [-0.25, -0.2) is 0 Å². The van der Waals surface area contributed by atoms with Crippen molar-refractivity contribution in [2.75, 3.05) is 0 Å². The Hall–Kier alpha value is -0.830. The summed E-state index contributed by atoms with van der Waals surface area (Å²) in [5.41, 5.74) is 1.73. The van der Waals surface area contributed by atoms with Crippen LogP contribution in [-0.4, -0.2) is 15.6 Å². The molecule has 2 saturated carbocycles. The number of aryl methyl sites for hydroxylation is 2. The average molecular weight is 267 g/mol. The first-order valence-corrected chi connectivity index (χ1v) is 7.22. The predicted octanol–water partition coefficient (Wildman–Crippen LogP) is 3.02. The maximum Gasteiger partial charge on any atom is 0.141 e. The molecule has 0 spiro atoms. The van der Waals surface area contributed by atoms with Crippen LogP contribution in [0, 0.1) is 24.7 Å². The normalized spacial score (nSPS) is 29.4. The van der Waals surface area contributed by atoms with E-state index in [1.54, 1.807) is 0 Å². The van der Waals surface area contributed by atoms with Crippen molar-refractivity contribution in [3.8, 4) is 0 Å². The van der Waals surface area contributed by atoms with E-state index < -0.39 is 0 Å². The maximum atomic E-state index is 12.3. The van der Waals surface area contributed by atoms with Crippen LogP contribution in [-0.2, 0) is 17.8 Å². The van der Waals surface area contributed by atoms with Crippen LogP contribution in [0.2, 0.25) is 5.02 Å². The number of rotatable bonds is 4. The van der Waals surface area contributed by atoms with E-state index in [0.29, 0.717) is 17.2 Å². The molecule has 1 heterocycles. The highest BCUT2D eigenvalue weighted by atomic mass is 35.5. The average Bonchev–Trinajstić information content (AvgIpc) is 2.88. The van der Waals surface area contributed by atoms with Crippen LogP contribution in [0.15, 0.2) is 0 Å². The van der Waals surface area contributed by atoms with Crippen LogP contribution >= 0.6 is 11.6 Å². The third-order valence-corrected chi connectivity index (χ3v) is 4.99. The molecule has 0 amide bonds. The van der Waals surface area contributed by atoms with Crippen LogP contribution < -0.4 is 0 Å². The van der Waals surface area contributed by atoms with Crippen molar-refractivity contribution in [2.24, 2.45) is 17.8 Å². The molecule has 1 aromatic heterocycles. The SMILES string of the molecule is CCn1nc(C)c(Cl)c1CC(=O)C1CC2CC2C1. The molecule has 3 nitrogen and oxygen atoms in total. The van der Waals surface area contributed by atoms with Gasteiger partial charge in [-0.3, -0.25) is 9.48 Å². The number of Topliss-reactive ketones (excluding diaryl/α,β-unsaturated/α-hetero) is 1. The first kappa shape index (κ1) is 12.2. The molecule has 0 aliphatic heterocycles. The summed E-state index contributed by atoms with van der Waals surface area (Å²) in [5, 5.41) is 5.04. The Balaban J connectivity index is 1.73. The number of aromatic nitrogens is 2. The van der Waals surface area contributed by atoms with Gasteiger partial charge in [0.15, 0.2) is 0 Å². The molecule has 4 heteroatoms. The Bertz CT molecular complexity index is 484. The fourth-order valence-corrected chi connectivity index (χ4v) is 3.53. The van der Waals surface area contributed by atoms with Crippen LogP contribution in [0.1, 0.15) is 37.6 Å². The van der Waals surface area contributed by atoms with Crippen molar-refractivity contribution in [1.82, 2.24) is 9.78 Å². The summed E-state index contributed by atoms with van der Waals surface area (Å²) >= 11 is 6.25. The summed E-state index contributed by atoms with van der Waals surface area (Å²) < 4.78 is 1.87. The van der Waals surface area contributed by atoms with Gasteiger partial charge >= 0.3 is 0 Å². The van der Waals surface area contributed by atoms with Crippen molar-refractivity contribution in [1.29, 1.82) is 0 Å². The van der Waals surface area contributed by atoms with Crippen molar-refractivity contribution < 1.29 is 4.79 Å². The number of ketones is 1. The Morgan fingerprint density at radius 2 is 2.06 bits per heavy atom. The molecule has 0 saturated heterocycles. The summed E-state index contributed by atoms with van der Waals surface area (Å²) in [4.78, 5) is 12.3. The van der Waals surface area contributed by atoms with E-state index in [0.717, 1.165) is 42.6 Å². The van der Waals surface area contributed by atoms with Crippen molar-refractivity contribution in [3.63, 3.8) is 0 Å². The van der Waals surface area contributed by atoms with E-state index in [-0.39, 0.29) is 5.92 Å². The first-order valence-electron chi connectivity index (χ1n) is 6.84. The maximum absolute atomic E-state index is 12.3. The van der Waals surface area contributed by atoms with Crippen LogP contribution in [0.4, 0.5) is 0 Å². The molecule has 0 aromatic carbocycles. The fourth-order valence-electron chi connectivity index (χ4n) is 3.32. The molecule has 2 aliphatic rings. The lowest BCUT2D eigenvalue weighted by atomic mass is 9.95. The minimum atomic E-state index is 0.283. The van der Waals surface area contributed by atoms with Crippen molar-refractivity contribution >= 4 is 17.4 Å². The summed E-state index contributed by atoms with van der Waals surface area (Å²) in [6.07, 6.45) is 4.04. The minimum absolute atomic E-state index is 0.283. The summed E-state index contributed by atoms with van der Waals surface area (Å²) in [6.45, 7) is 4.70. The molecular formula is C14H19ClN2O. The highest BCUT2D eigenvalue weighted by Crippen LogP contribution is 2.54. The first-order chi connectivity index (χ1) is 8.60. The lowest BCUT2D eigenvalue weighted by Crippen LogP contribution is -2.17. The van der Waals surface area contributed by atoms with Gasteiger partial charge in [0.2, 0.25) is 0 Å². The Kier molecular flexibility index (Phi) is 2.97. The van der Waals surface area contributed by atoms with E-state index >= 15 is 0 Å². The van der Waals surface area contributed by atoms with Gasteiger partial charge in [-0.15, -0.1) is 0 Å². The van der Waals surface area contributed by atoms with Gasteiger partial charge in [0.25, 0.3) is 0 Å². The van der Waals surface area contributed by atoms with E-state index in [2.05, 4.69) is 5.10 Å². The molecular weight excluding hydrogens is 248 g/mol. The smallest absolute Gasteiger partial charge is 0.141 e. The molecule has 0 bridgehead atoms. The molecule has 1 aromatic rings. The number of hydrogen-bond acceptors (Lipinski definition) is 2. The van der Waals surface area contributed by atoms with E-state index in [4.69, 9.17) is 11.6 Å². The van der Waals surface area contributed by atoms with Gasteiger partial charge in [-0.1, -0.05) is 11.6 Å². The zero-order valence-corrected chi connectivity index (χ0v) is 11.7. The van der Waals surface area contributed by atoms with E-state index in [9.17, 15) is 4.79 Å². The van der Waals surface area contributed by atoms with Crippen molar-refractivity contribution in [2.45, 2.75) is 46.1 Å². The monoisotopic (exact) mass is 266 g/mol. The van der Waals surface area contributed by atoms with Crippen LogP contribution in [0.5, 0.6) is 0 Å². The van der Waals surface area contributed by atoms with E-state index in [1.807, 2.05) is 18.5 Å². The van der Waals surface area contributed by atoms with Crippen LogP contribution in [0.25, 0.3) is 0 Å². The third kappa shape index (κ3) is 1.99. The number of hydrogen-bond donors (Lipinski definition) is 0. The second-order valence-corrected chi connectivity index (χ2v) is 6.11. The molecule has 0 N–H and O–H groups in total. The largest absolute Gasteiger partial charge is 0.299 e. The Morgan fingerprint density at radius 1 is 1.39 bits per heavy atom. The minimum Gasteiger partial charge on any atom is -0.299 e. The molecule has 0 radical (unpaired) electrons. The Morgan fingerprint density at radius 3 is 2.67 bits per heavy atom. The zero-order valence-electron chi connectivity index (χ0n) is 10.9. The quantitative estimate of drug-likeness (QED) is 0.840. The number of carbonyl (C=O) groups is 1. The molecule has 2 atom stereocenters. The molecule has 3 rings (SSSR count). The fraction of sp³-hybridized carbons (Fsp3) is 0.714. The summed E-state index contributed by atoms with van der Waals surface area (Å²) in [7, 11) is 0. The van der Waals surface area contributed by atoms with Gasteiger partial charge in [0, 0.05) is 12.5 Å². The molecule has 18 heavy (non-hydrogen) atoms. The zero-order chi connectivity index (χ0) is 12.9. The van der Waals surface area contributed by atoms with Gasteiger partial charge in [-0.05, 0) is 44.9 Å². The van der Waals surface area contributed by atoms with Gasteiger partial charge in [-0.2, -0.15) is 5.10 Å². The highest BCUT2D eigenvalue weighted by molar-refractivity contribution is 6.32. The molecule has 2 fully saturated rings. The van der Waals surface area contributed by atoms with Gasteiger partial charge in [0.05, 0.1) is 22.8 Å². The van der Waals surface area contributed by atoms with E-state index in [1.165, 1.54) is 6.42 Å². The predicted molar refractivity (Wildman–Crippen MR) is 70.7 cm³/mol. The number of carbonyl (C=O) groups excluding carboxylic acids is 1. The van der Waals surface area contributed by atoms with Crippen LogP contribution in [0.3, 0.4) is 0 Å². The lowest BCUT2D eigenvalue weighted by Gasteiger charge is -2.11. The number of nitrogens with zero attached hydrogens (tertiary/aromatic N) is 2. The third-order valence-electron chi connectivity index (χ3n) is 4.49. The van der Waals surface area contributed by atoms with Gasteiger partial charge < -0.3 is 0 Å².